The zero-order chi connectivity index (χ0) is 21.8. The second-order valence-corrected chi connectivity index (χ2v) is 9.52. The summed E-state index contributed by atoms with van der Waals surface area (Å²) in [6.07, 6.45) is 7.57. The number of pyridine rings is 2. The van der Waals surface area contributed by atoms with Crippen LogP contribution in [0.4, 0.5) is 16.0 Å². The summed E-state index contributed by atoms with van der Waals surface area (Å²) in [5.41, 5.74) is 7.41. The van der Waals surface area contributed by atoms with E-state index >= 15 is 0 Å². The smallest absolute Gasteiger partial charge is 0.165 e. The average Bonchev–Trinajstić information content (AvgIpc) is 2.77. The minimum absolute atomic E-state index is 0.0658. The summed E-state index contributed by atoms with van der Waals surface area (Å²) in [6, 6.07) is 5.62. The molecule has 0 unspecified atom stereocenters. The normalized spacial score (nSPS) is 23.4. The van der Waals surface area contributed by atoms with Gasteiger partial charge in [-0.05, 0) is 62.1 Å². The Morgan fingerprint density at radius 2 is 1.97 bits per heavy atom. The summed E-state index contributed by atoms with van der Waals surface area (Å²) in [5, 5.41) is 7.18. The number of nitrogens with zero attached hydrogens (tertiary/aromatic N) is 2. The lowest BCUT2D eigenvalue weighted by atomic mass is 9.82. The molecule has 0 amide bonds. The third-order valence-electron chi connectivity index (χ3n) is 6.48. The molecule has 1 aliphatic heterocycles. The van der Waals surface area contributed by atoms with Crippen LogP contribution in [0.15, 0.2) is 24.4 Å². The number of anilines is 2. The Balaban J connectivity index is 1.50. The van der Waals surface area contributed by atoms with E-state index in [4.69, 9.17) is 22.1 Å². The van der Waals surface area contributed by atoms with Crippen LogP contribution in [0.2, 0.25) is 5.02 Å². The van der Waals surface area contributed by atoms with Crippen molar-refractivity contribution in [2.24, 2.45) is 11.1 Å². The van der Waals surface area contributed by atoms with Crippen molar-refractivity contribution < 1.29 is 9.13 Å². The van der Waals surface area contributed by atoms with Gasteiger partial charge in [-0.3, -0.25) is 0 Å². The monoisotopic (exact) mass is 447 g/mol. The molecule has 168 valence electrons. The van der Waals surface area contributed by atoms with E-state index in [1.807, 2.05) is 6.07 Å². The first kappa shape index (κ1) is 22.2. The molecule has 0 radical (unpaired) electrons. The van der Waals surface area contributed by atoms with Gasteiger partial charge in [0.2, 0.25) is 0 Å². The highest BCUT2D eigenvalue weighted by Gasteiger charge is 2.27. The molecule has 0 aromatic carbocycles. The van der Waals surface area contributed by atoms with Crippen LogP contribution in [-0.2, 0) is 4.74 Å². The van der Waals surface area contributed by atoms with Gasteiger partial charge in [0.05, 0.1) is 10.7 Å². The second kappa shape index (κ2) is 9.67. The molecule has 6 nitrogen and oxygen atoms in total. The Kier molecular flexibility index (Phi) is 6.94. The first-order chi connectivity index (χ1) is 14.9. The lowest BCUT2D eigenvalue weighted by Gasteiger charge is -2.33. The molecular formula is C23H31ClFN5O. The fourth-order valence-corrected chi connectivity index (χ4v) is 4.44. The molecule has 1 saturated heterocycles. The molecule has 1 aliphatic carbocycles. The van der Waals surface area contributed by atoms with Crippen molar-refractivity contribution in [3.63, 3.8) is 0 Å². The number of rotatable bonds is 6. The Morgan fingerprint density at radius 3 is 2.71 bits per heavy atom. The van der Waals surface area contributed by atoms with E-state index in [2.05, 4.69) is 27.5 Å². The largest absolute Gasteiger partial charge is 0.381 e. The van der Waals surface area contributed by atoms with Crippen LogP contribution < -0.4 is 16.4 Å². The quantitative estimate of drug-likeness (QED) is 0.587. The first-order valence-electron chi connectivity index (χ1n) is 11.1. The highest BCUT2D eigenvalue weighted by atomic mass is 35.5. The van der Waals surface area contributed by atoms with E-state index in [-0.39, 0.29) is 17.1 Å². The number of halogens is 2. The highest BCUT2D eigenvalue weighted by molar-refractivity contribution is 6.33. The van der Waals surface area contributed by atoms with Gasteiger partial charge in [-0.15, -0.1) is 0 Å². The average molecular weight is 448 g/mol. The maximum absolute atomic E-state index is 14.5. The van der Waals surface area contributed by atoms with Crippen LogP contribution >= 0.6 is 11.6 Å². The molecule has 2 aromatic heterocycles. The van der Waals surface area contributed by atoms with Gasteiger partial charge in [0.15, 0.2) is 11.6 Å². The van der Waals surface area contributed by atoms with Crippen molar-refractivity contribution in [3.05, 3.63) is 35.2 Å². The molecule has 4 rings (SSSR count). The summed E-state index contributed by atoms with van der Waals surface area (Å²) in [7, 11) is 0. The molecule has 0 spiro atoms. The minimum Gasteiger partial charge on any atom is -0.381 e. The third kappa shape index (κ3) is 5.64. The van der Waals surface area contributed by atoms with E-state index < -0.39 is 0 Å². The fourth-order valence-electron chi connectivity index (χ4n) is 4.24. The molecule has 2 aromatic rings. The van der Waals surface area contributed by atoms with E-state index in [1.54, 1.807) is 12.3 Å². The lowest BCUT2D eigenvalue weighted by molar-refractivity contribution is 0.0299. The van der Waals surface area contributed by atoms with Crippen LogP contribution in [0.1, 0.15) is 45.4 Å². The number of aromatic nitrogens is 2. The van der Waals surface area contributed by atoms with Gasteiger partial charge in [-0.25, -0.2) is 14.4 Å². The summed E-state index contributed by atoms with van der Waals surface area (Å²) in [5.74, 6) is 0.616. The zero-order valence-corrected chi connectivity index (χ0v) is 18.7. The first-order valence-corrected chi connectivity index (χ1v) is 11.5. The third-order valence-corrected chi connectivity index (χ3v) is 6.78. The van der Waals surface area contributed by atoms with Crippen molar-refractivity contribution in [2.45, 2.75) is 57.5 Å². The number of nitrogens with one attached hydrogen (secondary N) is 2. The minimum atomic E-state index is -0.374. The molecule has 0 atom stereocenters. The van der Waals surface area contributed by atoms with E-state index in [1.165, 1.54) is 6.07 Å². The molecule has 31 heavy (non-hydrogen) atoms. The topological polar surface area (TPSA) is 85.1 Å². The Labute approximate surface area is 188 Å². The zero-order valence-electron chi connectivity index (χ0n) is 18.0. The molecule has 3 heterocycles. The number of ether oxygens (including phenoxy) is 1. The number of nitrogens with two attached hydrogens (primary N) is 1. The summed E-state index contributed by atoms with van der Waals surface area (Å²) in [4.78, 5) is 8.96. The Bertz CT molecular complexity index is 898. The molecule has 0 bridgehead atoms. The van der Waals surface area contributed by atoms with Gasteiger partial charge in [0.25, 0.3) is 0 Å². The van der Waals surface area contributed by atoms with Crippen molar-refractivity contribution in [1.29, 1.82) is 0 Å². The standard InChI is InChI=1S/C23H31ClFN5O/c1-23(8-10-31-11-9-23)14-28-22-19(25)6-7-20(30-22)17-12-21(27-13-18(17)24)29-16-4-2-15(26)3-5-16/h6-7,12-13,15-16H,2-5,8-11,14,26H2,1H3,(H,27,29)(H,28,30)/t15-,16+. The van der Waals surface area contributed by atoms with E-state index in [9.17, 15) is 4.39 Å². The van der Waals surface area contributed by atoms with Gasteiger partial charge in [-0.1, -0.05) is 18.5 Å². The van der Waals surface area contributed by atoms with Crippen LogP contribution in [0, 0.1) is 11.2 Å². The SMILES string of the molecule is CC1(CNc2nc(-c3cc(N[C@H]4CC[C@@H](N)CC4)ncc3Cl)ccc2F)CCOCC1. The molecule has 4 N–H and O–H groups in total. The molecular weight excluding hydrogens is 417 g/mol. The van der Waals surface area contributed by atoms with E-state index in [0.29, 0.717) is 29.3 Å². The van der Waals surface area contributed by atoms with Crippen LogP contribution in [0.25, 0.3) is 11.3 Å². The van der Waals surface area contributed by atoms with Gasteiger partial charge < -0.3 is 21.1 Å². The maximum Gasteiger partial charge on any atom is 0.165 e. The summed E-state index contributed by atoms with van der Waals surface area (Å²) >= 11 is 6.43. The molecule has 2 aliphatic rings. The predicted molar refractivity (Wildman–Crippen MR) is 123 cm³/mol. The number of hydrogen-bond donors (Lipinski definition) is 3. The molecule has 2 fully saturated rings. The maximum atomic E-state index is 14.5. The molecule has 8 heteroatoms. The van der Waals surface area contributed by atoms with Crippen LogP contribution in [0.5, 0.6) is 0 Å². The van der Waals surface area contributed by atoms with Crippen molar-refractivity contribution in [1.82, 2.24) is 9.97 Å². The van der Waals surface area contributed by atoms with Crippen molar-refractivity contribution in [3.8, 4) is 11.3 Å². The second-order valence-electron chi connectivity index (χ2n) is 9.11. The van der Waals surface area contributed by atoms with Gasteiger partial charge in [0.1, 0.15) is 5.82 Å². The predicted octanol–water partition coefficient (Wildman–Crippen LogP) is 4.85. The van der Waals surface area contributed by atoms with Crippen molar-refractivity contribution in [2.75, 3.05) is 30.4 Å². The summed E-state index contributed by atoms with van der Waals surface area (Å²) in [6.45, 7) is 4.32. The lowest BCUT2D eigenvalue weighted by Crippen LogP contribution is -2.33. The Morgan fingerprint density at radius 1 is 1.23 bits per heavy atom. The van der Waals surface area contributed by atoms with Crippen LogP contribution in [-0.4, -0.2) is 41.8 Å². The highest BCUT2D eigenvalue weighted by Crippen LogP contribution is 2.32. The Hall–Kier alpha value is -1.96. The summed E-state index contributed by atoms with van der Waals surface area (Å²) < 4.78 is 19.9. The van der Waals surface area contributed by atoms with Gasteiger partial charge >= 0.3 is 0 Å². The molecule has 1 saturated carbocycles. The van der Waals surface area contributed by atoms with Gasteiger partial charge in [0, 0.05) is 43.6 Å². The van der Waals surface area contributed by atoms with Gasteiger partial charge in [-0.2, -0.15) is 0 Å². The number of hydrogen-bond acceptors (Lipinski definition) is 6. The fraction of sp³-hybridized carbons (Fsp3) is 0.565. The van der Waals surface area contributed by atoms with E-state index in [0.717, 1.165) is 63.1 Å². The van der Waals surface area contributed by atoms with Crippen molar-refractivity contribution >= 4 is 23.2 Å². The van der Waals surface area contributed by atoms with Crippen LogP contribution in [0.3, 0.4) is 0 Å².